The molecule has 0 spiro atoms. The lowest BCUT2D eigenvalue weighted by Gasteiger charge is -2.35. The van der Waals surface area contributed by atoms with E-state index in [2.05, 4.69) is 15.0 Å². The topological polar surface area (TPSA) is 71.0 Å². The van der Waals surface area contributed by atoms with Crippen molar-refractivity contribution in [1.29, 1.82) is 0 Å². The van der Waals surface area contributed by atoms with Crippen molar-refractivity contribution >= 4 is 5.97 Å². The van der Waals surface area contributed by atoms with E-state index in [0.29, 0.717) is 12.6 Å². The molecular weight excluding hydrogens is 248 g/mol. The van der Waals surface area contributed by atoms with Crippen LogP contribution >= 0.6 is 0 Å². The first-order valence-electron chi connectivity index (χ1n) is 6.90. The third kappa shape index (κ3) is 3.66. The third-order valence-electron chi connectivity index (χ3n) is 3.93. The van der Waals surface area contributed by atoms with Crippen molar-refractivity contribution in [2.24, 2.45) is 0 Å². The van der Waals surface area contributed by atoms with Crippen molar-refractivity contribution in [3.8, 4) is 0 Å². The number of rotatable bonds is 5. The van der Waals surface area contributed by atoms with E-state index >= 15 is 0 Å². The molecule has 2 fully saturated rings. The van der Waals surface area contributed by atoms with E-state index in [1.165, 1.54) is 26.9 Å². The van der Waals surface area contributed by atoms with Gasteiger partial charge in [-0.1, -0.05) is 0 Å². The summed E-state index contributed by atoms with van der Waals surface area (Å²) in [5, 5.41) is 13.0. The van der Waals surface area contributed by atoms with E-state index in [4.69, 9.17) is 4.74 Å². The Labute approximate surface area is 114 Å². The van der Waals surface area contributed by atoms with Crippen molar-refractivity contribution in [3.63, 3.8) is 0 Å². The zero-order valence-electron chi connectivity index (χ0n) is 11.7. The SMILES string of the molecule is COC(=O)C(C)(O)CNCC1CN2CCCC2CO1. The summed E-state index contributed by atoms with van der Waals surface area (Å²) in [5.74, 6) is -0.621. The summed E-state index contributed by atoms with van der Waals surface area (Å²) in [5.41, 5.74) is -1.49. The Morgan fingerprint density at radius 2 is 2.42 bits per heavy atom. The number of carbonyl (C=O) groups excluding carboxylic acids is 1. The van der Waals surface area contributed by atoms with Gasteiger partial charge in [0.05, 0.1) is 19.8 Å². The molecule has 3 atom stereocenters. The van der Waals surface area contributed by atoms with Crippen molar-refractivity contribution in [2.75, 3.05) is 39.9 Å². The summed E-state index contributed by atoms with van der Waals surface area (Å²) < 4.78 is 10.3. The molecule has 0 aromatic heterocycles. The van der Waals surface area contributed by atoms with Crippen molar-refractivity contribution < 1.29 is 19.4 Å². The Bertz CT molecular complexity index is 322. The molecule has 0 aliphatic carbocycles. The quantitative estimate of drug-likeness (QED) is 0.649. The van der Waals surface area contributed by atoms with Gasteiger partial charge in [0.1, 0.15) is 0 Å². The minimum absolute atomic E-state index is 0.128. The summed E-state index contributed by atoms with van der Waals surface area (Å²) in [6.45, 7) is 5.13. The summed E-state index contributed by atoms with van der Waals surface area (Å²) in [7, 11) is 1.27. The summed E-state index contributed by atoms with van der Waals surface area (Å²) in [4.78, 5) is 13.8. The number of carbonyl (C=O) groups is 1. The van der Waals surface area contributed by atoms with Gasteiger partial charge in [0.25, 0.3) is 0 Å². The Kier molecular flexibility index (Phi) is 4.78. The highest BCUT2D eigenvalue weighted by Gasteiger charge is 2.34. The maximum absolute atomic E-state index is 11.3. The van der Waals surface area contributed by atoms with E-state index in [0.717, 1.165) is 19.7 Å². The molecule has 19 heavy (non-hydrogen) atoms. The molecule has 2 heterocycles. The van der Waals surface area contributed by atoms with E-state index < -0.39 is 11.6 Å². The van der Waals surface area contributed by atoms with E-state index in [-0.39, 0.29) is 12.6 Å². The van der Waals surface area contributed by atoms with Crippen LogP contribution in [0.2, 0.25) is 0 Å². The highest BCUT2D eigenvalue weighted by molar-refractivity contribution is 5.78. The summed E-state index contributed by atoms with van der Waals surface area (Å²) in [6.07, 6.45) is 2.62. The smallest absolute Gasteiger partial charge is 0.338 e. The predicted octanol–water partition coefficient (Wildman–Crippen LogP) is -0.637. The Morgan fingerprint density at radius 1 is 1.63 bits per heavy atom. The number of hydrogen-bond donors (Lipinski definition) is 2. The number of esters is 1. The van der Waals surface area contributed by atoms with Crippen LogP contribution in [0.3, 0.4) is 0 Å². The van der Waals surface area contributed by atoms with Gasteiger partial charge in [-0.2, -0.15) is 0 Å². The predicted molar refractivity (Wildman–Crippen MR) is 69.8 cm³/mol. The summed E-state index contributed by atoms with van der Waals surface area (Å²) in [6, 6.07) is 0.592. The molecule has 0 bridgehead atoms. The molecule has 0 radical (unpaired) electrons. The first kappa shape index (κ1) is 14.7. The van der Waals surface area contributed by atoms with Crippen LogP contribution in [0.15, 0.2) is 0 Å². The molecule has 0 amide bonds. The van der Waals surface area contributed by atoms with Crippen LogP contribution in [-0.4, -0.2) is 73.6 Å². The fourth-order valence-corrected chi connectivity index (χ4v) is 2.78. The lowest BCUT2D eigenvalue weighted by Crippen LogP contribution is -2.52. The second-order valence-electron chi connectivity index (χ2n) is 5.64. The molecule has 2 N–H and O–H groups in total. The Balaban J connectivity index is 1.70. The maximum Gasteiger partial charge on any atom is 0.338 e. The fourth-order valence-electron chi connectivity index (χ4n) is 2.78. The standard InChI is InChI=1S/C13H24N2O4/c1-13(17,12(16)18-2)9-14-6-11-7-15-5-3-4-10(15)8-19-11/h10-11,14,17H,3-9H2,1-2H3. The second-order valence-corrected chi connectivity index (χ2v) is 5.64. The third-order valence-corrected chi connectivity index (χ3v) is 3.93. The zero-order valence-corrected chi connectivity index (χ0v) is 11.7. The zero-order chi connectivity index (χ0) is 13.9. The Hall–Kier alpha value is -0.690. The van der Waals surface area contributed by atoms with Gasteiger partial charge < -0.3 is 19.9 Å². The number of methoxy groups -OCH3 is 1. The molecule has 110 valence electrons. The average molecular weight is 272 g/mol. The van der Waals surface area contributed by atoms with Crippen LogP contribution in [0.4, 0.5) is 0 Å². The maximum atomic E-state index is 11.3. The molecule has 6 nitrogen and oxygen atoms in total. The van der Waals surface area contributed by atoms with Crippen molar-refractivity contribution in [1.82, 2.24) is 10.2 Å². The van der Waals surface area contributed by atoms with Crippen LogP contribution in [0.1, 0.15) is 19.8 Å². The van der Waals surface area contributed by atoms with Crippen LogP contribution in [-0.2, 0) is 14.3 Å². The average Bonchev–Trinajstić information content (AvgIpc) is 2.84. The lowest BCUT2D eigenvalue weighted by molar-refractivity contribution is -0.160. The molecule has 3 unspecified atom stereocenters. The molecule has 0 aromatic rings. The van der Waals surface area contributed by atoms with E-state index in [1.54, 1.807) is 0 Å². The van der Waals surface area contributed by atoms with E-state index in [9.17, 15) is 9.90 Å². The fraction of sp³-hybridized carbons (Fsp3) is 0.923. The number of fused-ring (bicyclic) bond motifs is 1. The number of hydrogen-bond acceptors (Lipinski definition) is 6. The first-order chi connectivity index (χ1) is 9.03. The van der Waals surface area contributed by atoms with Gasteiger partial charge in [0.2, 0.25) is 0 Å². The van der Waals surface area contributed by atoms with Crippen LogP contribution in [0.25, 0.3) is 0 Å². The molecule has 2 rings (SSSR count). The number of aliphatic hydroxyl groups is 1. The first-order valence-corrected chi connectivity index (χ1v) is 6.90. The Morgan fingerprint density at radius 3 is 3.16 bits per heavy atom. The van der Waals surface area contributed by atoms with Crippen LogP contribution in [0, 0.1) is 0 Å². The number of nitrogens with zero attached hydrogens (tertiary/aromatic N) is 1. The molecule has 2 saturated heterocycles. The normalized spacial score (nSPS) is 30.7. The van der Waals surface area contributed by atoms with Gasteiger partial charge in [-0.15, -0.1) is 0 Å². The minimum atomic E-state index is -1.49. The molecule has 0 aromatic carbocycles. The second kappa shape index (κ2) is 6.17. The van der Waals surface area contributed by atoms with Gasteiger partial charge in [-0.05, 0) is 26.3 Å². The van der Waals surface area contributed by atoms with Crippen molar-refractivity contribution in [3.05, 3.63) is 0 Å². The number of ether oxygens (including phenoxy) is 2. The summed E-state index contributed by atoms with van der Waals surface area (Å²) >= 11 is 0. The highest BCUT2D eigenvalue weighted by atomic mass is 16.5. The molecule has 2 aliphatic heterocycles. The number of morpholine rings is 1. The van der Waals surface area contributed by atoms with Crippen LogP contribution < -0.4 is 5.32 Å². The molecule has 0 saturated carbocycles. The van der Waals surface area contributed by atoms with Gasteiger partial charge in [-0.25, -0.2) is 4.79 Å². The van der Waals surface area contributed by atoms with Crippen molar-refractivity contribution in [2.45, 2.75) is 37.5 Å². The van der Waals surface area contributed by atoms with Gasteiger partial charge in [0, 0.05) is 25.7 Å². The molecular formula is C13H24N2O4. The monoisotopic (exact) mass is 272 g/mol. The van der Waals surface area contributed by atoms with Gasteiger partial charge in [-0.3, -0.25) is 4.90 Å². The van der Waals surface area contributed by atoms with Crippen LogP contribution in [0.5, 0.6) is 0 Å². The lowest BCUT2D eigenvalue weighted by atomic mass is 10.1. The molecule has 2 aliphatic rings. The largest absolute Gasteiger partial charge is 0.467 e. The highest BCUT2D eigenvalue weighted by Crippen LogP contribution is 2.22. The minimum Gasteiger partial charge on any atom is -0.467 e. The number of nitrogens with one attached hydrogen (secondary N) is 1. The molecule has 6 heteroatoms. The van der Waals surface area contributed by atoms with Gasteiger partial charge in [0.15, 0.2) is 5.60 Å². The van der Waals surface area contributed by atoms with E-state index in [1.807, 2.05) is 0 Å². The van der Waals surface area contributed by atoms with Gasteiger partial charge >= 0.3 is 5.97 Å².